The minimum absolute atomic E-state index is 0.0715. The molecule has 3 aromatic rings. The number of fused-ring (bicyclic) bond motifs is 1. The Morgan fingerprint density at radius 2 is 2.10 bits per heavy atom. The highest BCUT2D eigenvalue weighted by Crippen LogP contribution is 2.33. The zero-order valence-corrected chi connectivity index (χ0v) is 23.0. The molecule has 0 spiro atoms. The van der Waals surface area contributed by atoms with Gasteiger partial charge in [0.15, 0.2) is 17.6 Å². The number of alkyl halides is 1. The van der Waals surface area contributed by atoms with Crippen molar-refractivity contribution >= 4 is 35.6 Å². The Labute approximate surface area is 233 Å². The Balaban J connectivity index is 1.44. The van der Waals surface area contributed by atoms with E-state index in [2.05, 4.69) is 44.5 Å². The number of aromatic nitrogens is 3. The van der Waals surface area contributed by atoms with Gasteiger partial charge < -0.3 is 24.9 Å². The Kier molecular flexibility index (Phi) is 10.4. The van der Waals surface area contributed by atoms with Crippen LogP contribution in [0.5, 0.6) is 0 Å². The summed E-state index contributed by atoms with van der Waals surface area (Å²) in [7, 11) is 4.79. The predicted molar refractivity (Wildman–Crippen MR) is 154 cm³/mol. The molecule has 12 heteroatoms. The summed E-state index contributed by atoms with van der Waals surface area (Å²) in [4.78, 5) is 11.0. The van der Waals surface area contributed by atoms with Crippen molar-refractivity contribution in [2.24, 2.45) is 0 Å². The largest absolute Gasteiger partial charge is 0.379 e. The number of aryl methyl sites for hydroxylation is 1. The highest BCUT2D eigenvalue weighted by molar-refractivity contribution is 6.51. The molecule has 2 aromatic heterocycles. The average molecular weight is 549 g/mol. The molecular weight excluding hydrogens is 515 g/mol. The Bertz CT molecular complexity index is 1400. The SMILES string of the molecule is CCc1cc(Nc2nccn3c(C4=C(F)C(F)C(OCC#N)C=C4)cnc23)ccc1BNCCOCCN(C)C. The minimum atomic E-state index is -2.01. The number of rotatable bonds is 14. The molecule has 0 saturated carbocycles. The first-order chi connectivity index (χ1) is 19.4. The quantitative estimate of drug-likeness (QED) is 0.234. The van der Waals surface area contributed by atoms with Crippen molar-refractivity contribution in [1.29, 1.82) is 5.26 Å². The number of nitrogens with zero attached hydrogens (tertiary/aromatic N) is 5. The molecule has 0 saturated heterocycles. The van der Waals surface area contributed by atoms with Crippen molar-refractivity contribution in [3.8, 4) is 6.07 Å². The van der Waals surface area contributed by atoms with Crippen LogP contribution in [0.1, 0.15) is 18.2 Å². The first kappa shape index (κ1) is 29.4. The molecular formula is C28H34BF2N7O2. The molecule has 0 aliphatic heterocycles. The van der Waals surface area contributed by atoms with Crippen LogP contribution in [0, 0.1) is 11.3 Å². The van der Waals surface area contributed by atoms with E-state index in [1.54, 1.807) is 22.9 Å². The number of nitrogens with one attached hydrogen (secondary N) is 2. The standard InChI is InChI=1S/C28H34BF2N7O2/c1-4-19-17-20(5-7-22(19)29-35-11-15-39-16-13-37(2)3)36-27-28-34-18-23(38(28)12-10-33-27)21-6-8-24(40-14-9-32)26(31)25(21)30/h5-8,10,12,17-18,24,26,29,35H,4,11,13-16H2,1-3H3,(H,33,36). The number of ether oxygens (including phenoxy) is 2. The van der Waals surface area contributed by atoms with Crippen LogP contribution in [0.15, 0.2) is 54.8 Å². The van der Waals surface area contributed by atoms with Crippen molar-refractivity contribution < 1.29 is 18.3 Å². The van der Waals surface area contributed by atoms with Gasteiger partial charge in [-0.3, -0.25) is 4.40 Å². The van der Waals surface area contributed by atoms with Crippen LogP contribution >= 0.6 is 0 Å². The first-order valence-electron chi connectivity index (χ1n) is 13.3. The van der Waals surface area contributed by atoms with Crippen LogP contribution in [0.25, 0.3) is 11.2 Å². The molecule has 40 heavy (non-hydrogen) atoms. The fraction of sp³-hybridized carbons (Fsp3) is 0.393. The van der Waals surface area contributed by atoms with Crippen LogP contribution in [-0.2, 0) is 15.9 Å². The van der Waals surface area contributed by atoms with Gasteiger partial charge in [-0.1, -0.05) is 36.2 Å². The molecule has 1 aliphatic carbocycles. The third kappa shape index (κ3) is 7.11. The summed E-state index contributed by atoms with van der Waals surface area (Å²) >= 11 is 0. The van der Waals surface area contributed by atoms with E-state index < -0.39 is 18.1 Å². The molecule has 0 fully saturated rings. The molecule has 2 atom stereocenters. The first-order valence-corrected chi connectivity index (χ1v) is 13.3. The van der Waals surface area contributed by atoms with Crippen molar-refractivity contribution in [2.75, 3.05) is 52.3 Å². The van der Waals surface area contributed by atoms with Crippen molar-refractivity contribution in [3.63, 3.8) is 0 Å². The highest BCUT2D eigenvalue weighted by atomic mass is 19.2. The van der Waals surface area contributed by atoms with Gasteiger partial charge in [-0.15, -0.1) is 0 Å². The fourth-order valence-corrected chi connectivity index (χ4v) is 4.41. The third-order valence-electron chi connectivity index (χ3n) is 6.56. The molecule has 2 N–H and O–H groups in total. The zero-order valence-electron chi connectivity index (χ0n) is 23.0. The van der Waals surface area contributed by atoms with Gasteiger partial charge in [-0.2, -0.15) is 5.26 Å². The molecule has 4 rings (SSSR count). The molecule has 1 aliphatic rings. The summed E-state index contributed by atoms with van der Waals surface area (Å²) in [5.41, 5.74) is 4.19. The van der Waals surface area contributed by atoms with Gasteiger partial charge in [0.2, 0.25) is 7.41 Å². The molecule has 210 valence electrons. The van der Waals surface area contributed by atoms with Crippen molar-refractivity contribution in [2.45, 2.75) is 25.6 Å². The van der Waals surface area contributed by atoms with Gasteiger partial charge in [0.05, 0.1) is 31.2 Å². The van der Waals surface area contributed by atoms with Crippen LogP contribution < -0.4 is 16.0 Å². The number of anilines is 2. The topological polar surface area (TPSA) is 99.7 Å². The van der Waals surface area contributed by atoms with E-state index in [1.165, 1.54) is 29.4 Å². The number of halogens is 2. The van der Waals surface area contributed by atoms with Crippen LogP contribution in [0.4, 0.5) is 20.3 Å². The van der Waals surface area contributed by atoms with E-state index in [0.717, 1.165) is 32.6 Å². The second-order valence-corrected chi connectivity index (χ2v) is 9.62. The maximum absolute atomic E-state index is 15.0. The number of benzene rings is 1. The summed E-state index contributed by atoms with van der Waals surface area (Å²) in [5, 5.41) is 15.4. The molecule has 2 unspecified atom stereocenters. The molecule has 0 amide bonds. The normalized spacial score (nSPS) is 17.0. The summed E-state index contributed by atoms with van der Waals surface area (Å²) in [6, 6.07) is 7.92. The van der Waals surface area contributed by atoms with E-state index in [0.29, 0.717) is 30.4 Å². The van der Waals surface area contributed by atoms with Gasteiger partial charge in [0, 0.05) is 36.7 Å². The van der Waals surface area contributed by atoms with Crippen LogP contribution in [0.3, 0.4) is 0 Å². The smallest absolute Gasteiger partial charge is 0.236 e. The Morgan fingerprint density at radius 3 is 2.88 bits per heavy atom. The zero-order chi connectivity index (χ0) is 28.5. The monoisotopic (exact) mass is 549 g/mol. The van der Waals surface area contributed by atoms with Gasteiger partial charge in [0.25, 0.3) is 0 Å². The van der Waals surface area contributed by atoms with E-state index in [1.807, 2.05) is 20.2 Å². The minimum Gasteiger partial charge on any atom is -0.379 e. The summed E-state index contributed by atoms with van der Waals surface area (Å²) in [6.45, 7) is 4.84. The van der Waals surface area contributed by atoms with Crippen LogP contribution in [-0.4, -0.2) is 86.0 Å². The lowest BCUT2D eigenvalue weighted by Gasteiger charge is -2.21. The maximum atomic E-state index is 15.0. The third-order valence-corrected chi connectivity index (χ3v) is 6.56. The number of likely N-dealkylation sites (N-methyl/N-ethyl adjacent to an activating group) is 1. The van der Waals surface area contributed by atoms with Crippen molar-refractivity contribution in [1.82, 2.24) is 24.5 Å². The number of imidazole rings is 1. The van der Waals surface area contributed by atoms with Gasteiger partial charge in [-0.05, 0) is 32.6 Å². The number of hydrogen-bond acceptors (Lipinski definition) is 8. The van der Waals surface area contributed by atoms with E-state index >= 15 is 0 Å². The fourth-order valence-electron chi connectivity index (χ4n) is 4.41. The summed E-state index contributed by atoms with van der Waals surface area (Å²) in [6.07, 6.45) is 5.31. The Hall–Kier alpha value is -3.63. The number of allylic oxidation sites excluding steroid dienone is 2. The molecule has 9 nitrogen and oxygen atoms in total. The highest BCUT2D eigenvalue weighted by Gasteiger charge is 2.31. The second kappa shape index (κ2) is 14.1. The van der Waals surface area contributed by atoms with Crippen molar-refractivity contribution in [3.05, 3.63) is 66.0 Å². The molecule has 0 radical (unpaired) electrons. The summed E-state index contributed by atoms with van der Waals surface area (Å²) < 4.78 is 42.0. The Morgan fingerprint density at radius 1 is 1.25 bits per heavy atom. The lowest BCUT2D eigenvalue weighted by atomic mass is 9.78. The van der Waals surface area contributed by atoms with Crippen LogP contribution in [0.2, 0.25) is 0 Å². The summed E-state index contributed by atoms with van der Waals surface area (Å²) in [5.74, 6) is -0.472. The predicted octanol–water partition coefficient (Wildman–Crippen LogP) is 2.68. The molecule has 2 heterocycles. The molecule has 0 bridgehead atoms. The van der Waals surface area contributed by atoms with E-state index in [9.17, 15) is 8.78 Å². The van der Waals surface area contributed by atoms with E-state index in [4.69, 9.17) is 14.7 Å². The lowest BCUT2D eigenvalue weighted by Crippen LogP contribution is -2.35. The average Bonchev–Trinajstić information content (AvgIpc) is 3.38. The van der Waals surface area contributed by atoms with Gasteiger partial charge in [-0.25, -0.2) is 18.7 Å². The van der Waals surface area contributed by atoms with E-state index in [-0.39, 0.29) is 12.2 Å². The number of nitriles is 1. The lowest BCUT2D eigenvalue weighted by molar-refractivity contribution is 0.0519. The number of hydrogen-bond donors (Lipinski definition) is 2. The maximum Gasteiger partial charge on any atom is 0.236 e. The molecule has 1 aromatic carbocycles. The van der Waals surface area contributed by atoms with Gasteiger partial charge >= 0.3 is 0 Å². The van der Waals surface area contributed by atoms with Gasteiger partial charge in [0.1, 0.15) is 18.5 Å². The second-order valence-electron chi connectivity index (χ2n) is 9.62.